The molecule has 9 heteroatoms. The molecule has 0 saturated carbocycles. The molecule has 2 amide bonds. The summed E-state index contributed by atoms with van der Waals surface area (Å²) in [6, 6.07) is 8.73. The molecule has 0 saturated heterocycles. The molecule has 3 rings (SSSR count). The van der Waals surface area contributed by atoms with E-state index < -0.39 is 11.7 Å². The maximum Gasteiger partial charge on any atom is 0.407 e. The van der Waals surface area contributed by atoms with Crippen LogP contribution in [0, 0.1) is 0 Å². The largest absolute Gasteiger partial charge is 0.444 e. The van der Waals surface area contributed by atoms with Crippen LogP contribution >= 0.6 is 11.3 Å². The molecule has 0 radical (unpaired) electrons. The predicted molar refractivity (Wildman–Crippen MR) is 116 cm³/mol. The van der Waals surface area contributed by atoms with Gasteiger partial charge in [-0.25, -0.2) is 9.78 Å². The Morgan fingerprint density at radius 1 is 1.20 bits per heavy atom. The molecule has 0 unspecified atom stereocenters. The highest BCUT2D eigenvalue weighted by Crippen LogP contribution is 2.15. The number of rotatable bonds is 5. The lowest BCUT2D eigenvalue weighted by atomic mass is 10.1. The van der Waals surface area contributed by atoms with E-state index >= 15 is 0 Å². The molecule has 0 fully saturated rings. The second-order valence-electron chi connectivity index (χ2n) is 7.86. The molecule has 2 N–H and O–H groups in total. The fourth-order valence-electron chi connectivity index (χ4n) is 2.77. The summed E-state index contributed by atoms with van der Waals surface area (Å²) in [7, 11) is 1.65. The van der Waals surface area contributed by atoms with Gasteiger partial charge in [-0.2, -0.15) is 0 Å². The van der Waals surface area contributed by atoms with E-state index in [1.54, 1.807) is 58.2 Å². The zero-order chi connectivity index (χ0) is 21.9. The Morgan fingerprint density at radius 3 is 2.57 bits per heavy atom. The summed E-state index contributed by atoms with van der Waals surface area (Å²) < 4.78 is 5.77. The van der Waals surface area contributed by atoms with Crippen molar-refractivity contribution < 1.29 is 14.3 Å². The third-order valence-corrected chi connectivity index (χ3v) is 5.04. The van der Waals surface area contributed by atoms with Crippen LogP contribution in [0.1, 0.15) is 42.5 Å². The Bertz CT molecular complexity index is 1110. The van der Waals surface area contributed by atoms with Gasteiger partial charge in [0, 0.05) is 19.2 Å². The van der Waals surface area contributed by atoms with E-state index in [9.17, 15) is 14.4 Å². The molecule has 30 heavy (non-hydrogen) atoms. The first kappa shape index (κ1) is 21.5. The third-order valence-electron chi connectivity index (χ3n) is 4.13. The van der Waals surface area contributed by atoms with E-state index in [1.165, 1.54) is 16.2 Å². The van der Waals surface area contributed by atoms with Crippen molar-refractivity contribution in [1.82, 2.24) is 20.2 Å². The lowest BCUT2D eigenvalue weighted by Gasteiger charge is -2.19. The molecule has 0 aliphatic carbocycles. The van der Waals surface area contributed by atoms with E-state index in [2.05, 4.69) is 15.3 Å². The number of nitrogens with zero attached hydrogens (tertiary/aromatic N) is 2. The molecular formula is C21H24N4O4S. The fourth-order valence-corrected chi connectivity index (χ4v) is 3.49. The van der Waals surface area contributed by atoms with Crippen LogP contribution in [0.5, 0.6) is 0 Å². The van der Waals surface area contributed by atoms with Gasteiger partial charge >= 0.3 is 6.09 Å². The van der Waals surface area contributed by atoms with Gasteiger partial charge in [0.2, 0.25) is 0 Å². The van der Waals surface area contributed by atoms with Crippen LogP contribution in [0.3, 0.4) is 0 Å². The van der Waals surface area contributed by atoms with Gasteiger partial charge in [0.1, 0.15) is 16.1 Å². The molecule has 158 valence electrons. The van der Waals surface area contributed by atoms with Crippen molar-refractivity contribution >= 4 is 33.6 Å². The third kappa shape index (κ3) is 5.44. The first-order valence-electron chi connectivity index (χ1n) is 9.40. The second-order valence-corrected chi connectivity index (χ2v) is 8.78. The van der Waals surface area contributed by atoms with Crippen molar-refractivity contribution in [2.75, 3.05) is 7.05 Å². The monoisotopic (exact) mass is 428 g/mol. The summed E-state index contributed by atoms with van der Waals surface area (Å²) in [6.07, 6.45) is -0.494. The highest BCUT2D eigenvalue weighted by Gasteiger charge is 2.16. The van der Waals surface area contributed by atoms with Crippen LogP contribution in [0.4, 0.5) is 4.79 Å². The Hall–Kier alpha value is -3.20. The summed E-state index contributed by atoms with van der Waals surface area (Å²) in [5.41, 5.74) is 1.21. The maximum atomic E-state index is 12.7. The van der Waals surface area contributed by atoms with E-state index in [4.69, 9.17) is 4.74 Å². The molecule has 3 aromatic rings. The zero-order valence-electron chi connectivity index (χ0n) is 17.3. The van der Waals surface area contributed by atoms with Gasteiger partial charge in [-0.15, -0.1) is 11.3 Å². The molecule has 1 aromatic carbocycles. The van der Waals surface area contributed by atoms with Gasteiger partial charge in [-0.05, 0) is 49.9 Å². The van der Waals surface area contributed by atoms with Gasteiger partial charge in [0.15, 0.2) is 0 Å². The number of H-pyrrole nitrogens is 1. The highest BCUT2D eigenvalue weighted by atomic mass is 32.1. The SMILES string of the molecule is CN(Cc1nc2ccsc2c(=O)[nH]1)C(=O)c1ccc(CNC(=O)OC(C)(C)C)cc1. The Kier molecular flexibility index (Phi) is 6.21. The highest BCUT2D eigenvalue weighted by molar-refractivity contribution is 7.17. The summed E-state index contributed by atoms with van der Waals surface area (Å²) in [5.74, 6) is 0.231. The zero-order valence-corrected chi connectivity index (χ0v) is 18.1. The fraction of sp³-hybridized carbons (Fsp3) is 0.333. The van der Waals surface area contributed by atoms with Crippen LogP contribution < -0.4 is 10.9 Å². The first-order valence-corrected chi connectivity index (χ1v) is 10.3. The number of hydrogen-bond acceptors (Lipinski definition) is 6. The quantitative estimate of drug-likeness (QED) is 0.649. The predicted octanol–water partition coefficient (Wildman–Crippen LogP) is 3.28. The number of amides is 2. The molecule has 2 aromatic heterocycles. The van der Waals surface area contributed by atoms with E-state index in [0.717, 1.165) is 5.56 Å². The normalized spacial score (nSPS) is 11.3. The van der Waals surface area contributed by atoms with Gasteiger partial charge in [0.05, 0.1) is 12.1 Å². The minimum atomic E-state index is -0.558. The summed E-state index contributed by atoms with van der Waals surface area (Å²) in [4.78, 5) is 45.1. The van der Waals surface area contributed by atoms with Gasteiger partial charge < -0.3 is 19.9 Å². The molecule has 8 nitrogen and oxygen atoms in total. The van der Waals surface area contributed by atoms with Gasteiger partial charge in [0.25, 0.3) is 11.5 Å². The lowest BCUT2D eigenvalue weighted by Crippen LogP contribution is -2.32. The smallest absolute Gasteiger partial charge is 0.407 e. The number of thiophene rings is 1. The van der Waals surface area contributed by atoms with Crippen molar-refractivity contribution in [3.8, 4) is 0 Å². The number of benzene rings is 1. The second kappa shape index (κ2) is 8.66. The van der Waals surface area contributed by atoms with Crippen molar-refractivity contribution in [1.29, 1.82) is 0 Å². The summed E-state index contributed by atoms with van der Waals surface area (Å²) in [5, 5.41) is 4.49. The van der Waals surface area contributed by atoms with Gasteiger partial charge in [-0.3, -0.25) is 9.59 Å². The topological polar surface area (TPSA) is 104 Å². The van der Waals surface area contributed by atoms with Crippen LogP contribution in [0.2, 0.25) is 0 Å². The summed E-state index contributed by atoms with van der Waals surface area (Å²) >= 11 is 1.33. The van der Waals surface area contributed by atoms with E-state index in [-0.39, 0.29) is 18.0 Å². The number of carbonyl (C=O) groups is 2. The molecule has 0 bridgehead atoms. The van der Waals surface area contributed by atoms with Crippen LogP contribution in [0.15, 0.2) is 40.5 Å². The average Bonchev–Trinajstić information content (AvgIpc) is 3.14. The number of ether oxygens (including phenoxy) is 1. The van der Waals surface area contributed by atoms with Crippen LogP contribution in [-0.2, 0) is 17.8 Å². The Labute approximate surface area is 177 Å². The number of fused-ring (bicyclic) bond motifs is 1. The van der Waals surface area contributed by atoms with E-state index in [1.807, 2.05) is 5.38 Å². The van der Waals surface area contributed by atoms with Crippen molar-refractivity contribution in [2.45, 2.75) is 39.5 Å². The van der Waals surface area contributed by atoms with Crippen molar-refractivity contribution in [3.63, 3.8) is 0 Å². The van der Waals surface area contributed by atoms with Crippen LogP contribution in [-0.4, -0.2) is 39.5 Å². The Balaban J connectivity index is 1.60. The maximum absolute atomic E-state index is 12.7. The number of nitrogens with one attached hydrogen (secondary N) is 2. The molecule has 0 spiro atoms. The number of carbonyl (C=O) groups excluding carboxylic acids is 2. The molecule has 0 aliphatic heterocycles. The minimum Gasteiger partial charge on any atom is -0.444 e. The average molecular weight is 429 g/mol. The lowest BCUT2D eigenvalue weighted by molar-refractivity contribution is 0.0523. The minimum absolute atomic E-state index is 0.182. The molecular weight excluding hydrogens is 404 g/mol. The number of alkyl carbamates (subject to hydrolysis) is 1. The summed E-state index contributed by atoms with van der Waals surface area (Å²) in [6.45, 7) is 5.88. The first-order chi connectivity index (χ1) is 14.1. The standard InChI is InChI=1S/C21H24N4O4S/c1-21(2,3)29-20(28)22-11-13-5-7-14(8-6-13)19(27)25(4)12-16-23-15-9-10-30-17(15)18(26)24-16/h5-10H,11-12H2,1-4H3,(H,22,28)(H,23,24,26). The number of aromatic amines is 1. The molecule has 0 aliphatic rings. The van der Waals surface area contributed by atoms with Crippen LogP contribution in [0.25, 0.3) is 10.2 Å². The molecule has 0 atom stereocenters. The van der Waals surface area contributed by atoms with E-state index in [0.29, 0.717) is 28.1 Å². The van der Waals surface area contributed by atoms with Gasteiger partial charge in [-0.1, -0.05) is 12.1 Å². The number of hydrogen-bond donors (Lipinski definition) is 2. The number of aromatic nitrogens is 2. The Morgan fingerprint density at radius 2 is 1.90 bits per heavy atom. The molecule has 2 heterocycles. The van der Waals surface area contributed by atoms with Crippen molar-refractivity contribution in [2.24, 2.45) is 0 Å². The van der Waals surface area contributed by atoms with Crippen molar-refractivity contribution in [3.05, 3.63) is 63.0 Å².